The van der Waals surface area contributed by atoms with E-state index in [-0.39, 0.29) is 30.5 Å². The Kier molecular flexibility index (Phi) is 6.35. The maximum Gasteiger partial charge on any atom is 0.417 e. The van der Waals surface area contributed by atoms with Gasteiger partial charge in [0.25, 0.3) is 0 Å². The Hall–Kier alpha value is -1.43. The average molecular weight is 506 g/mol. The summed E-state index contributed by atoms with van der Waals surface area (Å²) < 4.78 is 59.1. The first-order valence-electron chi connectivity index (χ1n) is 11.9. The maximum atomic E-state index is 14.7. The summed E-state index contributed by atoms with van der Waals surface area (Å²) in [5.41, 5.74) is -0.131. The number of aromatic nitrogens is 1. The zero-order valence-corrected chi connectivity index (χ0v) is 20.0. The molecule has 1 N–H and O–H groups in total. The van der Waals surface area contributed by atoms with Crippen LogP contribution >= 0.6 is 10.7 Å². The summed E-state index contributed by atoms with van der Waals surface area (Å²) in [4.78, 5) is 24.2. The molecule has 1 amide bonds. The predicted octanol–water partition coefficient (Wildman–Crippen LogP) is 4.48. The van der Waals surface area contributed by atoms with Crippen molar-refractivity contribution in [3.63, 3.8) is 0 Å². The fourth-order valence-electron chi connectivity index (χ4n) is 6.62. The molecule has 0 spiro atoms. The highest BCUT2D eigenvalue weighted by atomic mass is 32.3. The first-order chi connectivity index (χ1) is 16.1. The van der Waals surface area contributed by atoms with Crippen LogP contribution in [0, 0.1) is 11.3 Å². The molecule has 0 aromatic carbocycles. The second kappa shape index (κ2) is 8.90. The van der Waals surface area contributed by atoms with E-state index in [1.807, 2.05) is 0 Å². The average Bonchev–Trinajstić information content (AvgIpc) is 3.45. The van der Waals surface area contributed by atoms with Crippen LogP contribution in [0.4, 0.5) is 17.1 Å². The van der Waals surface area contributed by atoms with Crippen LogP contribution < -0.4 is 5.32 Å². The lowest BCUT2D eigenvalue weighted by molar-refractivity contribution is -0.170. The van der Waals surface area contributed by atoms with Crippen LogP contribution in [0.2, 0.25) is 0 Å². The number of fused-ring (bicyclic) bond motifs is 2. The van der Waals surface area contributed by atoms with Gasteiger partial charge in [0.1, 0.15) is 0 Å². The van der Waals surface area contributed by atoms with Crippen LogP contribution in [0.1, 0.15) is 55.3 Å². The zero-order valence-electron chi connectivity index (χ0n) is 19.2. The third-order valence-electron chi connectivity index (χ3n) is 8.10. The van der Waals surface area contributed by atoms with Gasteiger partial charge in [-0.25, -0.2) is 4.89 Å². The van der Waals surface area contributed by atoms with Crippen LogP contribution in [-0.2, 0) is 33.2 Å². The summed E-state index contributed by atoms with van der Waals surface area (Å²) in [5.74, 6) is 0.944. The lowest BCUT2D eigenvalue weighted by Crippen LogP contribution is -2.47. The van der Waals surface area contributed by atoms with Gasteiger partial charge in [0.05, 0.1) is 18.1 Å². The minimum atomic E-state index is -4.46. The van der Waals surface area contributed by atoms with Crippen molar-refractivity contribution in [1.82, 2.24) is 15.2 Å². The molecule has 2 aliphatic heterocycles. The summed E-state index contributed by atoms with van der Waals surface area (Å²) in [5, 5.41) is 3.58. The Bertz CT molecular complexity index is 951. The molecule has 3 fully saturated rings. The fraction of sp³-hybridized carbons (Fsp3) is 0.739. The van der Waals surface area contributed by atoms with Crippen molar-refractivity contribution in [2.75, 3.05) is 25.2 Å². The van der Waals surface area contributed by atoms with Crippen molar-refractivity contribution in [3.8, 4) is 0 Å². The van der Waals surface area contributed by atoms with Crippen LogP contribution in [-0.4, -0.2) is 53.0 Å². The molecule has 5 rings (SSSR count). The number of carbonyl (C=O) groups is 1. The van der Waals surface area contributed by atoms with E-state index in [0.29, 0.717) is 48.6 Å². The van der Waals surface area contributed by atoms with Crippen molar-refractivity contribution < 1.29 is 31.1 Å². The summed E-state index contributed by atoms with van der Waals surface area (Å²) in [6, 6.07) is 1.26. The van der Waals surface area contributed by atoms with Crippen LogP contribution in [0.15, 0.2) is 12.3 Å². The van der Waals surface area contributed by atoms with Crippen molar-refractivity contribution in [2.45, 2.75) is 69.8 Å². The molecule has 5 atom stereocenters. The van der Waals surface area contributed by atoms with Crippen LogP contribution in [0.3, 0.4) is 0 Å². The molecule has 1 aromatic heterocycles. The first-order valence-corrected chi connectivity index (χ1v) is 13.7. The number of halogens is 4. The zero-order chi connectivity index (χ0) is 24.1. The van der Waals surface area contributed by atoms with Crippen molar-refractivity contribution in [1.29, 1.82) is 0 Å². The predicted molar refractivity (Wildman–Crippen MR) is 119 cm³/mol. The van der Waals surface area contributed by atoms with Gasteiger partial charge >= 0.3 is 6.18 Å². The van der Waals surface area contributed by atoms with E-state index in [0.717, 1.165) is 37.9 Å². The molecule has 6 nitrogen and oxygen atoms in total. The van der Waals surface area contributed by atoms with E-state index in [2.05, 4.69) is 15.2 Å². The third-order valence-corrected chi connectivity index (χ3v) is 10.2. The van der Waals surface area contributed by atoms with E-state index >= 15 is 0 Å². The second-order valence-corrected chi connectivity index (χ2v) is 12.5. The Morgan fingerprint density at radius 3 is 2.91 bits per heavy atom. The molecule has 5 unspecified atom stereocenters. The smallest absolute Gasteiger partial charge is 0.337 e. The van der Waals surface area contributed by atoms with Crippen molar-refractivity contribution in [2.24, 2.45) is 11.3 Å². The Morgan fingerprint density at radius 2 is 2.15 bits per heavy atom. The molecule has 3 heterocycles. The molecule has 2 saturated carbocycles. The highest BCUT2D eigenvalue weighted by Gasteiger charge is 2.56. The molecule has 190 valence electrons. The number of hydrogen-bond acceptors (Lipinski definition) is 5. The molecular formula is C23H31F4N3O3S. The number of rotatable bonds is 5. The van der Waals surface area contributed by atoms with Gasteiger partial charge in [0.2, 0.25) is 5.91 Å². The third kappa shape index (κ3) is 4.44. The highest BCUT2D eigenvalue weighted by molar-refractivity contribution is 8.25. The van der Waals surface area contributed by atoms with Crippen molar-refractivity contribution >= 4 is 16.6 Å². The van der Waals surface area contributed by atoms with Crippen LogP contribution in [0.5, 0.6) is 0 Å². The largest absolute Gasteiger partial charge is 0.417 e. The van der Waals surface area contributed by atoms with Gasteiger partial charge < -0.3 is 10.2 Å². The Balaban J connectivity index is 1.27. The number of carbonyl (C=O) groups excluding carboxylic acids is 1. The van der Waals surface area contributed by atoms with E-state index in [9.17, 15) is 21.9 Å². The highest BCUT2D eigenvalue weighted by Crippen LogP contribution is 2.58. The number of pyridine rings is 1. The molecule has 1 saturated heterocycles. The fourth-order valence-corrected chi connectivity index (χ4v) is 8.66. The number of hydrogen-bond donors (Lipinski definition) is 1. The minimum Gasteiger partial charge on any atom is -0.337 e. The Morgan fingerprint density at radius 1 is 1.32 bits per heavy atom. The SMILES string of the molecule is COOS1(F)CCC(NC2CC3CCCC3(C(=O)N3CCc4ncc(C(F)(F)F)cc4C3)C2)C1. The maximum absolute atomic E-state index is 14.7. The van der Waals surface area contributed by atoms with Gasteiger partial charge in [0.15, 0.2) is 0 Å². The van der Waals surface area contributed by atoms with Gasteiger partial charge in [0, 0.05) is 65.7 Å². The second-order valence-electron chi connectivity index (χ2n) is 10.2. The summed E-state index contributed by atoms with van der Waals surface area (Å²) >= 11 is 0. The van der Waals surface area contributed by atoms with Crippen molar-refractivity contribution in [3.05, 3.63) is 29.1 Å². The molecule has 0 radical (unpaired) electrons. The summed E-state index contributed by atoms with van der Waals surface area (Å²) in [6.07, 6.45) is 1.88. The van der Waals surface area contributed by atoms with Gasteiger partial charge in [-0.05, 0) is 49.7 Å². The lowest BCUT2D eigenvalue weighted by Gasteiger charge is -2.37. The molecular weight excluding hydrogens is 474 g/mol. The standard InChI is InChI=1S/C23H31F4N3O3S/c1-32-33-34(27)8-5-18(14-34)29-19-10-16-3-2-6-22(16,11-19)21(31)30-7-4-20-15(13-30)9-17(12-28-20)23(24,25)26/h9,12,16,18-19,29H,2-8,10-11,13-14H2,1H3. The van der Waals surface area contributed by atoms with E-state index in [1.165, 1.54) is 7.11 Å². The van der Waals surface area contributed by atoms with Crippen LogP contribution in [0.25, 0.3) is 0 Å². The molecule has 1 aromatic rings. The topological polar surface area (TPSA) is 63.7 Å². The summed E-state index contributed by atoms with van der Waals surface area (Å²) in [7, 11) is -1.38. The van der Waals surface area contributed by atoms with Gasteiger partial charge in [-0.2, -0.15) is 21.4 Å². The lowest BCUT2D eigenvalue weighted by atomic mass is 9.78. The molecule has 11 heteroatoms. The van der Waals surface area contributed by atoms with E-state index in [1.54, 1.807) is 4.90 Å². The monoisotopic (exact) mass is 505 g/mol. The normalized spacial score (nSPS) is 37.3. The molecule has 2 aliphatic carbocycles. The molecule has 4 aliphatic rings. The van der Waals surface area contributed by atoms with E-state index in [4.69, 9.17) is 4.33 Å². The quantitative estimate of drug-likeness (QED) is 0.363. The minimum absolute atomic E-state index is 0.000133. The molecule has 34 heavy (non-hydrogen) atoms. The van der Waals surface area contributed by atoms with Gasteiger partial charge in [-0.15, -0.1) is 0 Å². The first kappa shape index (κ1) is 24.3. The molecule has 0 bridgehead atoms. The van der Waals surface area contributed by atoms with Gasteiger partial charge in [-0.3, -0.25) is 9.78 Å². The Labute approximate surface area is 198 Å². The van der Waals surface area contributed by atoms with Gasteiger partial charge in [-0.1, -0.05) is 6.42 Å². The number of alkyl halides is 3. The summed E-state index contributed by atoms with van der Waals surface area (Å²) in [6.45, 7) is 0.643. The number of nitrogens with one attached hydrogen (secondary N) is 1. The van der Waals surface area contributed by atoms with E-state index < -0.39 is 27.8 Å². The number of amides is 1. The number of nitrogens with zero attached hydrogens (tertiary/aromatic N) is 2.